The van der Waals surface area contributed by atoms with Crippen LogP contribution in [0.15, 0.2) is 17.1 Å². The Morgan fingerprint density at radius 2 is 2.17 bits per heavy atom. The first-order chi connectivity index (χ1) is 5.15. The second-order valence-electron chi connectivity index (χ2n) is 2.66. The van der Waals surface area contributed by atoms with Gasteiger partial charge >= 0.3 is 0 Å². The molecule has 0 amide bonds. The van der Waals surface area contributed by atoms with E-state index in [1.165, 1.54) is 4.68 Å². The molecule has 0 aliphatic rings. The molecule has 0 saturated heterocycles. The molecule has 1 aromatic rings. The average Bonchev–Trinajstić information content (AvgIpc) is 1.99. The van der Waals surface area contributed by atoms with Gasteiger partial charge in [0, 0.05) is 5.56 Å². The van der Waals surface area contributed by atoms with Crippen LogP contribution in [0.2, 0.25) is 0 Å². The number of rotatable bonds is 1. The van der Waals surface area contributed by atoms with Crippen LogP contribution in [-0.2, 0) is 6.42 Å². The number of nitrogens with zero attached hydrogens (tertiary/aromatic N) is 1. The summed E-state index contributed by atoms with van der Waals surface area (Å²) in [4.78, 5) is 11.1. The fourth-order valence-corrected chi connectivity index (χ4v) is 1.06. The molecule has 0 saturated carbocycles. The zero-order valence-corrected chi connectivity index (χ0v) is 8.06. The average molecular weight is 189 g/mol. The normalized spacial score (nSPS) is 9.25. The molecule has 1 rings (SSSR count). The van der Waals surface area contributed by atoms with Crippen molar-refractivity contribution in [2.45, 2.75) is 20.3 Å². The SMILES string of the molecule is CCc1cc(C)c(=O)n([NH3+])c1.[Cl-]. The summed E-state index contributed by atoms with van der Waals surface area (Å²) < 4.78 is 1.38. The zero-order valence-electron chi connectivity index (χ0n) is 7.30. The number of halogens is 1. The highest BCUT2D eigenvalue weighted by Gasteiger charge is 1.99. The van der Waals surface area contributed by atoms with Crippen molar-refractivity contribution in [2.75, 3.05) is 0 Å². The molecule has 0 atom stereocenters. The van der Waals surface area contributed by atoms with E-state index in [1.54, 1.807) is 6.20 Å². The van der Waals surface area contributed by atoms with E-state index in [2.05, 4.69) is 12.8 Å². The Balaban J connectivity index is 0.00000121. The summed E-state index contributed by atoms with van der Waals surface area (Å²) in [5, 5.41) is 0. The third-order valence-electron chi connectivity index (χ3n) is 1.73. The molecule has 0 aliphatic heterocycles. The van der Waals surface area contributed by atoms with Crippen molar-refractivity contribution in [1.29, 1.82) is 0 Å². The minimum Gasteiger partial charge on any atom is -1.00 e. The van der Waals surface area contributed by atoms with Crippen molar-refractivity contribution in [1.82, 2.24) is 4.68 Å². The molecule has 0 bridgehead atoms. The van der Waals surface area contributed by atoms with Gasteiger partial charge in [-0.25, -0.2) is 5.84 Å². The molecule has 0 spiro atoms. The highest BCUT2D eigenvalue weighted by atomic mass is 35.5. The molecule has 3 N–H and O–H groups in total. The fraction of sp³-hybridized carbons (Fsp3) is 0.375. The first-order valence-corrected chi connectivity index (χ1v) is 3.68. The lowest BCUT2D eigenvalue weighted by Crippen LogP contribution is -3.00. The molecule has 4 heteroatoms. The minimum atomic E-state index is -0.0119. The number of pyridine rings is 1. The molecular formula is C8H13ClN2O. The lowest BCUT2D eigenvalue weighted by atomic mass is 10.2. The Hall–Kier alpha value is -0.800. The summed E-state index contributed by atoms with van der Waals surface area (Å²) in [6, 6.07) is 1.91. The Kier molecular flexibility index (Phi) is 4.00. The van der Waals surface area contributed by atoms with Gasteiger partial charge in [-0.3, -0.25) is 4.79 Å². The van der Waals surface area contributed by atoms with E-state index in [0.717, 1.165) is 17.5 Å². The van der Waals surface area contributed by atoms with Crippen LogP contribution in [0.4, 0.5) is 0 Å². The number of hydrogen-bond donors (Lipinski definition) is 1. The molecule has 1 heterocycles. The van der Waals surface area contributed by atoms with Crippen molar-refractivity contribution in [3.8, 4) is 0 Å². The Morgan fingerprint density at radius 1 is 1.58 bits per heavy atom. The third-order valence-corrected chi connectivity index (χ3v) is 1.73. The highest BCUT2D eigenvalue weighted by molar-refractivity contribution is 5.16. The zero-order chi connectivity index (χ0) is 8.43. The van der Waals surface area contributed by atoms with E-state index in [4.69, 9.17) is 0 Å². The molecule has 3 nitrogen and oxygen atoms in total. The van der Waals surface area contributed by atoms with Crippen LogP contribution < -0.4 is 23.8 Å². The predicted molar refractivity (Wildman–Crippen MR) is 43.1 cm³/mol. The van der Waals surface area contributed by atoms with Gasteiger partial charge in [0.05, 0.1) is 6.20 Å². The van der Waals surface area contributed by atoms with E-state index in [0.29, 0.717) is 0 Å². The molecule has 0 radical (unpaired) electrons. The van der Waals surface area contributed by atoms with E-state index < -0.39 is 0 Å². The quantitative estimate of drug-likeness (QED) is 0.494. The molecule has 12 heavy (non-hydrogen) atoms. The standard InChI is InChI=1S/C8H12N2O.ClH/c1-3-7-4-6(2)8(11)10(9)5-7;/h4-5H,3,9H2,1-2H3;1H. The van der Waals surface area contributed by atoms with Gasteiger partial charge in [0.2, 0.25) is 0 Å². The van der Waals surface area contributed by atoms with Gasteiger partial charge in [0.1, 0.15) is 0 Å². The van der Waals surface area contributed by atoms with Crippen LogP contribution in [0, 0.1) is 6.92 Å². The van der Waals surface area contributed by atoms with E-state index in [-0.39, 0.29) is 18.0 Å². The van der Waals surface area contributed by atoms with E-state index in [9.17, 15) is 4.79 Å². The second kappa shape index (κ2) is 4.28. The van der Waals surface area contributed by atoms with Crippen LogP contribution in [0.3, 0.4) is 0 Å². The molecule has 1 aromatic heterocycles. The predicted octanol–water partition coefficient (Wildman–Crippen LogP) is -3.27. The molecule has 0 unspecified atom stereocenters. The summed E-state index contributed by atoms with van der Waals surface area (Å²) in [5.74, 6) is 3.59. The fourth-order valence-electron chi connectivity index (χ4n) is 1.06. The summed E-state index contributed by atoms with van der Waals surface area (Å²) in [5.41, 5.74) is 1.90. The topological polar surface area (TPSA) is 49.6 Å². The first-order valence-electron chi connectivity index (χ1n) is 3.68. The molecule has 0 aliphatic carbocycles. The summed E-state index contributed by atoms with van der Waals surface area (Å²) in [6.07, 6.45) is 2.71. The van der Waals surface area contributed by atoms with Crippen molar-refractivity contribution < 1.29 is 18.2 Å². The smallest absolute Gasteiger partial charge is 0.298 e. The minimum absolute atomic E-state index is 0. The van der Waals surface area contributed by atoms with Gasteiger partial charge in [0.15, 0.2) is 0 Å². The largest absolute Gasteiger partial charge is 1.00 e. The van der Waals surface area contributed by atoms with Crippen LogP contribution in [0.5, 0.6) is 0 Å². The third kappa shape index (κ3) is 2.09. The maximum Gasteiger partial charge on any atom is 0.298 e. The van der Waals surface area contributed by atoms with Crippen LogP contribution in [0.1, 0.15) is 18.1 Å². The van der Waals surface area contributed by atoms with Gasteiger partial charge < -0.3 is 12.4 Å². The van der Waals surface area contributed by atoms with Gasteiger partial charge in [-0.05, 0) is 25.0 Å². The van der Waals surface area contributed by atoms with Crippen LogP contribution in [-0.4, -0.2) is 4.68 Å². The summed E-state index contributed by atoms with van der Waals surface area (Å²) in [6.45, 7) is 3.86. The number of quaternary nitrogens is 1. The van der Waals surface area contributed by atoms with Gasteiger partial charge in [-0.2, -0.15) is 4.68 Å². The Labute approximate surface area is 77.6 Å². The summed E-state index contributed by atoms with van der Waals surface area (Å²) in [7, 11) is 0. The van der Waals surface area contributed by atoms with E-state index >= 15 is 0 Å². The van der Waals surface area contributed by atoms with Crippen molar-refractivity contribution in [3.63, 3.8) is 0 Å². The lowest BCUT2D eigenvalue weighted by Gasteiger charge is -1.99. The van der Waals surface area contributed by atoms with Crippen LogP contribution in [0.25, 0.3) is 0 Å². The monoisotopic (exact) mass is 188 g/mol. The van der Waals surface area contributed by atoms with Crippen molar-refractivity contribution in [2.24, 2.45) is 0 Å². The molecule has 68 valence electrons. The van der Waals surface area contributed by atoms with Gasteiger partial charge in [-0.15, -0.1) is 0 Å². The lowest BCUT2D eigenvalue weighted by molar-refractivity contribution is -0.443. The molecule has 0 fully saturated rings. The number of aryl methyl sites for hydroxylation is 2. The maximum atomic E-state index is 11.1. The Bertz CT molecular complexity index is 293. The number of aromatic nitrogens is 1. The maximum absolute atomic E-state index is 11.1. The van der Waals surface area contributed by atoms with Crippen molar-refractivity contribution in [3.05, 3.63) is 33.7 Å². The first kappa shape index (κ1) is 11.2. The summed E-state index contributed by atoms with van der Waals surface area (Å²) >= 11 is 0. The van der Waals surface area contributed by atoms with Crippen molar-refractivity contribution >= 4 is 0 Å². The second-order valence-corrected chi connectivity index (χ2v) is 2.66. The van der Waals surface area contributed by atoms with Gasteiger partial charge in [-0.1, -0.05) is 6.92 Å². The molecule has 0 aromatic carbocycles. The van der Waals surface area contributed by atoms with Gasteiger partial charge in [0.25, 0.3) is 5.56 Å². The Morgan fingerprint density at radius 3 is 2.58 bits per heavy atom. The van der Waals surface area contributed by atoms with E-state index in [1.807, 2.05) is 13.0 Å². The highest BCUT2D eigenvalue weighted by Crippen LogP contribution is 1.97. The number of hydrogen-bond acceptors (Lipinski definition) is 1. The molecular weight excluding hydrogens is 176 g/mol. The van der Waals surface area contributed by atoms with Crippen LogP contribution >= 0.6 is 0 Å².